The summed E-state index contributed by atoms with van der Waals surface area (Å²) in [6, 6.07) is 28.1. The highest BCUT2D eigenvalue weighted by Gasteiger charge is 2.60. The van der Waals surface area contributed by atoms with Crippen molar-refractivity contribution in [2.75, 3.05) is 6.61 Å². The molecule has 0 amide bonds. The van der Waals surface area contributed by atoms with Crippen molar-refractivity contribution in [3.05, 3.63) is 118 Å². The Kier molecular flexibility index (Phi) is 12.8. The molecule has 3 aromatic rings. The lowest BCUT2D eigenvalue weighted by atomic mass is 9.89. The zero-order valence-corrected chi connectivity index (χ0v) is 25.3. The van der Waals surface area contributed by atoms with Gasteiger partial charge < -0.3 is 18.9 Å². The zero-order valence-electron chi connectivity index (χ0n) is 24.4. The molecule has 5 atom stereocenters. The van der Waals surface area contributed by atoms with E-state index in [1.54, 1.807) is 0 Å². The van der Waals surface area contributed by atoms with Crippen LogP contribution >= 0.6 is 12.6 Å². The van der Waals surface area contributed by atoms with Gasteiger partial charge in [0.1, 0.15) is 12.2 Å². The van der Waals surface area contributed by atoms with Crippen LogP contribution in [0.4, 0.5) is 0 Å². The number of ether oxygens (including phenoxy) is 4. The molecule has 1 aliphatic rings. The van der Waals surface area contributed by atoms with Crippen LogP contribution in [0.2, 0.25) is 0 Å². The molecule has 0 saturated carbocycles. The summed E-state index contributed by atoms with van der Waals surface area (Å²) in [5.41, 5.74) is 2.91. The first-order valence-electron chi connectivity index (χ1n) is 15.0. The summed E-state index contributed by atoms with van der Waals surface area (Å²) in [7, 11) is 0. The van der Waals surface area contributed by atoms with Crippen molar-refractivity contribution >= 4 is 12.6 Å². The molecule has 1 unspecified atom stereocenters. The van der Waals surface area contributed by atoms with Gasteiger partial charge in [0.15, 0.2) is 11.0 Å². The fraction of sp³-hybridized carbons (Fsp3) is 0.471. The molecule has 3 aromatic carbocycles. The van der Waals surface area contributed by atoms with E-state index in [0.29, 0.717) is 13.0 Å². The number of hydrogen-bond acceptors (Lipinski definition) is 7. The van der Waals surface area contributed by atoms with Gasteiger partial charge in [0, 0.05) is 4.92 Å². The lowest BCUT2D eigenvalue weighted by Crippen LogP contribution is -2.66. The van der Waals surface area contributed by atoms with E-state index in [1.807, 2.05) is 91.0 Å². The Balaban J connectivity index is 1.61. The van der Waals surface area contributed by atoms with Crippen molar-refractivity contribution in [1.29, 1.82) is 0 Å². The minimum absolute atomic E-state index is 0.183. The molecule has 1 heterocycles. The number of hydrogen-bond donors (Lipinski definition) is 1. The van der Waals surface area contributed by atoms with E-state index in [9.17, 15) is 10.1 Å². The van der Waals surface area contributed by atoms with Crippen LogP contribution in [0, 0.1) is 10.1 Å². The van der Waals surface area contributed by atoms with Crippen LogP contribution in [0.5, 0.6) is 0 Å². The maximum atomic E-state index is 12.8. The van der Waals surface area contributed by atoms with E-state index < -0.39 is 29.3 Å². The van der Waals surface area contributed by atoms with Gasteiger partial charge in [-0.15, -0.1) is 12.6 Å². The summed E-state index contributed by atoms with van der Waals surface area (Å²) >= 11 is 4.92. The van der Waals surface area contributed by atoms with Crippen molar-refractivity contribution in [2.24, 2.45) is 0 Å². The smallest absolute Gasteiger partial charge is 0.278 e. The average Bonchev–Trinajstić information content (AvgIpc) is 3.00. The maximum absolute atomic E-state index is 12.8. The second-order valence-corrected chi connectivity index (χ2v) is 11.7. The van der Waals surface area contributed by atoms with E-state index in [-0.39, 0.29) is 24.7 Å². The third kappa shape index (κ3) is 9.38. The molecule has 0 N–H and O–H groups in total. The first kappa shape index (κ1) is 32.2. The van der Waals surface area contributed by atoms with Gasteiger partial charge in [-0.2, -0.15) is 0 Å². The monoisotopic (exact) mass is 593 g/mol. The topological polar surface area (TPSA) is 80.1 Å². The van der Waals surface area contributed by atoms with Crippen LogP contribution in [0.25, 0.3) is 0 Å². The second kappa shape index (κ2) is 16.8. The molecular weight excluding hydrogens is 550 g/mol. The first-order valence-corrected chi connectivity index (χ1v) is 15.4. The van der Waals surface area contributed by atoms with Gasteiger partial charge in [-0.3, -0.25) is 10.1 Å². The molecule has 0 bridgehead atoms. The minimum atomic E-state index is -1.34. The Morgan fingerprint density at radius 1 is 0.762 bits per heavy atom. The van der Waals surface area contributed by atoms with Crippen molar-refractivity contribution < 1.29 is 23.9 Å². The van der Waals surface area contributed by atoms with Gasteiger partial charge in [-0.05, 0) is 29.5 Å². The highest BCUT2D eigenvalue weighted by Crippen LogP contribution is 2.41. The van der Waals surface area contributed by atoms with Crippen molar-refractivity contribution in [1.82, 2.24) is 0 Å². The highest BCUT2D eigenvalue weighted by atomic mass is 32.1. The van der Waals surface area contributed by atoms with Crippen molar-refractivity contribution in [2.45, 2.75) is 94.6 Å². The molecule has 1 saturated heterocycles. The Morgan fingerprint density at radius 2 is 1.26 bits per heavy atom. The molecule has 7 nitrogen and oxygen atoms in total. The third-order valence-electron chi connectivity index (χ3n) is 7.65. The number of benzene rings is 3. The van der Waals surface area contributed by atoms with Gasteiger partial charge in [0.05, 0.1) is 26.4 Å². The van der Waals surface area contributed by atoms with Crippen molar-refractivity contribution in [3.63, 3.8) is 0 Å². The van der Waals surface area contributed by atoms with E-state index in [2.05, 4.69) is 6.92 Å². The molecule has 8 heteroatoms. The van der Waals surface area contributed by atoms with Crippen LogP contribution < -0.4 is 0 Å². The summed E-state index contributed by atoms with van der Waals surface area (Å²) < 4.78 is 25.6. The summed E-state index contributed by atoms with van der Waals surface area (Å²) in [6.07, 6.45) is 3.21. The van der Waals surface area contributed by atoms with Gasteiger partial charge in [0.25, 0.3) is 6.04 Å². The van der Waals surface area contributed by atoms with Crippen LogP contribution in [0.3, 0.4) is 0 Å². The molecule has 0 radical (unpaired) electrons. The molecule has 1 fully saturated rings. The fourth-order valence-corrected chi connectivity index (χ4v) is 5.97. The molecule has 0 aliphatic carbocycles. The van der Waals surface area contributed by atoms with E-state index >= 15 is 0 Å². The third-order valence-corrected chi connectivity index (χ3v) is 8.24. The van der Waals surface area contributed by atoms with Crippen LogP contribution in [0.15, 0.2) is 91.0 Å². The molecule has 0 spiro atoms. The second-order valence-electron chi connectivity index (χ2n) is 10.9. The van der Waals surface area contributed by atoms with Crippen LogP contribution in [-0.4, -0.2) is 40.8 Å². The first-order chi connectivity index (χ1) is 20.5. The SMILES string of the molecule is CCCCCCCC1(S)O[C@H](COCc2ccccc2)[C@H](OCc2ccccc2)[C@H](OCc2ccccc2)[C@H]1[N+](=O)[O-]. The Morgan fingerprint density at radius 3 is 1.79 bits per heavy atom. The van der Waals surface area contributed by atoms with Gasteiger partial charge in [0.2, 0.25) is 0 Å². The van der Waals surface area contributed by atoms with Crippen LogP contribution in [0.1, 0.15) is 62.1 Å². The summed E-state index contributed by atoms with van der Waals surface area (Å²) in [5, 5.41) is 12.8. The maximum Gasteiger partial charge on any atom is 0.278 e. The molecule has 1 aliphatic heterocycles. The largest absolute Gasteiger partial charge is 0.374 e. The minimum Gasteiger partial charge on any atom is -0.374 e. The number of nitrogens with zero attached hydrogens (tertiary/aromatic N) is 1. The van der Waals surface area contributed by atoms with Crippen LogP contribution in [-0.2, 0) is 38.8 Å². The van der Waals surface area contributed by atoms with E-state index in [1.165, 1.54) is 0 Å². The zero-order chi connectivity index (χ0) is 29.6. The molecule has 0 aromatic heterocycles. The Hall–Kier alpha value is -2.75. The summed E-state index contributed by atoms with van der Waals surface area (Å²) in [5.74, 6) is 0. The highest BCUT2D eigenvalue weighted by molar-refractivity contribution is 7.81. The normalized spacial score (nSPS) is 24.0. The number of unbranched alkanes of at least 4 members (excludes halogenated alkanes) is 4. The fourth-order valence-electron chi connectivity index (χ4n) is 5.44. The predicted molar refractivity (Wildman–Crippen MR) is 167 cm³/mol. The number of nitro groups is 1. The molecular formula is C34H43NO6S. The van der Waals surface area contributed by atoms with E-state index in [0.717, 1.165) is 48.8 Å². The summed E-state index contributed by atoms with van der Waals surface area (Å²) in [6.45, 7) is 3.20. The quantitative estimate of drug-likeness (QED) is 0.0760. The Bertz CT molecular complexity index is 1180. The Labute approximate surface area is 255 Å². The average molecular weight is 594 g/mol. The lowest BCUT2D eigenvalue weighted by molar-refractivity contribution is -0.566. The molecule has 4 rings (SSSR count). The van der Waals surface area contributed by atoms with E-state index in [4.69, 9.17) is 31.6 Å². The number of thiol groups is 1. The standard InChI is InChI=1S/C34H43NO6S/c1-2-3-4-5-15-22-34(42)33(35(36)37)32(40-25-29-20-13-8-14-21-29)31(39-24-28-18-11-7-12-19-28)30(41-34)26-38-23-27-16-9-6-10-17-27/h6-14,16-21,30-33,42H,2-5,15,22-26H2,1H3/t30-,31+,32+,33-,34?/m1/s1. The number of rotatable bonds is 17. The molecule has 42 heavy (non-hydrogen) atoms. The summed E-state index contributed by atoms with van der Waals surface area (Å²) in [4.78, 5) is 11.1. The van der Waals surface area contributed by atoms with Crippen molar-refractivity contribution in [3.8, 4) is 0 Å². The van der Waals surface area contributed by atoms with Gasteiger partial charge in [-0.1, -0.05) is 124 Å². The van der Waals surface area contributed by atoms with Gasteiger partial charge in [-0.25, -0.2) is 0 Å². The lowest BCUT2D eigenvalue weighted by Gasteiger charge is -2.47. The predicted octanol–water partition coefficient (Wildman–Crippen LogP) is 7.40. The van der Waals surface area contributed by atoms with Gasteiger partial charge >= 0.3 is 0 Å². The molecule has 226 valence electrons.